The Labute approximate surface area is 119 Å². The molecule has 0 aliphatic heterocycles. The molecule has 1 saturated carbocycles. The van der Waals surface area contributed by atoms with E-state index < -0.39 is 0 Å². The van der Waals surface area contributed by atoms with Gasteiger partial charge in [0.2, 0.25) is 0 Å². The second-order valence-corrected chi connectivity index (χ2v) is 5.53. The largest absolute Gasteiger partial charge is 0.364 e. The Morgan fingerprint density at radius 2 is 2.10 bits per heavy atom. The molecule has 110 valence electrons. The molecule has 0 radical (unpaired) electrons. The first-order valence-corrected chi connectivity index (χ1v) is 7.14. The molecule has 3 N–H and O–H groups in total. The van der Waals surface area contributed by atoms with Gasteiger partial charge in [0.25, 0.3) is 5.91 Å². The van der Waals surface area contributed by atoms with Crippen molar-refractivity contribution in [1.82, 2.24) is 15.1 Å². The number of carbonyl (C=O) groups is 1. The Balaban J connectivity index is 2.00. The molecule has 1 fully saturated rings. The number of rotatable bonds is 5. The number of hydrogen-bond acceptors (Lipinski definition) is 5. The van der Waals surface area contributed by atoms with Gasteiger partial charge in [0.1, 0.15) is 5.82 Å². The molecule has 1 heterocycles. The average Bonchev–Trinajstić information content (AvgIpc) is 2.98. The van der Waals surface area contributed by atoms with Crippen LogP contribution in [0.25, 0.3) is 0 Å². The van der Waals surface area contributed by atoms with E-state index in [0.29, 0.717) is 24.0 Å². The SMILES string of the molecule is CN(C)C(=O)c1ccc(NC(CN)C2CCCC2)nn1. The van der Waals surface area contributed by atoms with Crippen LogP contribution in [0, 0.1) is 5.92 Å². The number of carbonyl (C=O) groups excluding carboxylic acids is 1. The van der Waals surface area contributed by atoms with E-state index in [-0.39, 0.29) is 11.9 Å². The third kappa shape index (κ3) is 3.45. The van der Waals surface area contributed by atoms with Crippen molar-refractivity contribution < 1.29 is 4.79 Å². The molecule has 20 heavy (non-hydrogen) atoms. The van der Waals surface area contributed by atoms with Crippen LogP contribution in [0.5, 0.6) is 0 Å². The van der Waals surface area contributed by atoms with Crippen LogP contribution in [-0.4, -0.2) is 47.7 Å². The fraction of sp³-hybridized carbons (Fsp3) is 0.643. The van der Waals surface area contributed by atoms with Crippen molar-refractivity contribution in [2.24, 2.45) is 11.7 Å². The lowest BCUT2D eigenvalue weighted by Gasteiger charge is -2.23. The van der Waals surface area contributed by atoms with Crippen molar-refractivity contribution in [1.29, 1.82) is 0 Å². The lowest BCUT2D eigenvalue weighted by atomic mass is 9.98. The van der Waals surface area contributed by atoms with Gasteiger partial charge in [-0.2, -0.15) is 0 Å². The number of amides is 1. The fourth-order valence-electron chi connectivity index (χ4n) is 2.67. The molecule has 0 spiro atoms. The predicted octanol–water partition coefficient (Wildman–Crippen LogP) is 1.11. The Kier molecular flexibility index (Phi) is 4.89. The summed E-state index contributed by atoms with van der Waals surface area (Å²) in [5, 5.41) is 11.4. The zero-order valence-electron chi connectivity index (χ0n) is 12.2. The average molecular weight is 277 g/mol. The molecule has 1 aliphatic rings. The third-order valence-corrected chi connectivity index (χ3v) is 3.85. The molecule has 0 saturated heterocycles. The quantitative estimate of drug-likeness (QED) is 0.842. The first-order chi connectivity index (χ1) is 9.61. The van der Waals surface area contributed by atoms with Gasteiger partial charge in [-0.15, -0.1) is 10.2 Å². The molecule has 0 aromatic carbocycles. The van der Waals surface area contributed by atoms with Gasteiger partial charge >= 0.3 is 0 Å². The van der Waals surface area contributed by atoms with E-state index >= 15 is 0 Å². The predicted molar refractivity (Wildman–Crippen MR) is 78.5 cm³/mol. The van der Waals surface area contributed by atoms with Crippen molar-refractivity contribution in [3.8, 4) is 0 Å². The molecule has 1 amide bonds. The molecule has 1 unspecified atom stereocenters. The number of nitrogens with two attached hydrogens (primary N) is 1. The third-order valence-electron chi connectivity index (χ3n) is 3.85. The highest BCUT2D eigenvalue weighted by atomic mass is 16.2. The maximum atomic E-state index is 11.7. The van der Waals surface area contributed by atoms with Crippen molar-refractivity contribution in [3.05, 3.63) is 17.8 Å². The Morgan fingerprint density at radius 1 is 1.40 bits per heavy atom. The van der Waals surface area contributed by atoms with Crippen molar-refractivity contribution in [2.45, 2.75) is 31.7 Å². The van der Waals surface area contributed by atoms with Gasteiger partial charge in [-0.3, -0.25) is 4.79 Å². The van der Waals surface area contributed by atoms with Crippen LogP contribution in [0.15, 0.2) is 12.1 Å². The first-order valence-electron chi connectivity index (χ1n) is 7.14. The minimum absolute atomic E-state index is 0.143. The maximum absolute atomic E-state index is 11.7. The second-order valence-electron chi connectivity index (χ2n) is 5.53. The number of hydrogen-bond donors (Lipinski definition) is 2. The van der Waals surface area contributed by atoms with Crippen LogP contribution >= 0.6 is 0 Å². The van der Waals surface area contributed by atoms with Crippen molar-refractivity contribution in [2.75, 3.05) is 26.0 Å². The summed E-state index contributed by atoms with van der Waals surface area (Å²) in [4.78, 5) is 13.2. The topological polar surface area (TPSA) is 84.1 Å². The van der Waals surface area contributed by atoms with Crippen LogP contribution in [0.4, 0.5) is 5.82 Å². The molecule has 0 bridgehead atoms. The van der Waals surface area contributed by atoms with E-state index in [4.69, 9.17) is 5.73 Å². The standard InChI is InChI=1S/C14H23N5O/c1-19(2)14(20)11-7-8-13(18-17-11)16-12(9-15)10-5-3-4-6-10/h7-8,10,12H,3-6,9,15H2,1-2H3,(H,16,18). The van der Waals surface area contributed by atoms with Gasteiger partial charge in [0.05, 0.1) is 0 Å². The van der Waals surface area contributed by atoms with E-state index in [9.17, 15) is 4.79 Å². The Bertz CT molecular complexity index is 439. The van der Waals surface area contributed by atoms with Crippen molar-refractivity contribution in [3.63, 3.8) is 0 Å². The summed E-state index contributed by atoms with van der Waals surface area (Å²) in [5.74, 6) is 1.16. The molecule has 6 nitrogen and oxygen atoms in total. The van der Waals surface area contributed by atoms with Gasteiger partial charge in [0, 0.05) is 26.7 Å². The maximum Gasteiger partial charge on any atom is 0.273 e. The van der Waals surface area contributed by atoms with Crippen LogP contribution in [0.1, 0.15) is 36.2 Å². The number of nitrogens with zero attached hydrogens (tertiary/aromatic N) is 3. The van der Waals surface area contributed by atoms with Gasteiger partial charge < -0.3 is 16.0 Å². The minimum atomic E-state index is -0.143. The van der Waals surface area contributed by atoms with Crippen LogP contribution < -0.4 is 11.1 Å². The van der Waals surface area contributed by atoms with E-state index in [1.807, 2.05) is 0 Å². The fourth-order valence-corrected chi connectivity index (χ4v) is 2.67. The van der Waals surface area contributed by atoms with E-state index in [1.165, 1.54) is 30.6 Å². The lowest BCUT2D eigenvalue weighted by Crippen LogP contribution is -2.35. The first kappa shape index (κ1) is 14.7. The monoisotopic (exact) mass is 277 g/mol. The highest BCUT2D eigenvalue weighted by Gasteiger charge is 2.24. The zero-order valence-corrected chi connectivity index (χ0v) is 12.2. The summed E-state index contributed by atoms with van der Waals surface area (Å²) in [6.45, 7) is 0.588. The molecular weight excluding hydrogens is 254 g/mol. The van der Waals surface area contributed by atoms with Crippen molar-refractivity contribution >= 4 is 11.7 Å². The molecule has 1 atom stereocenters. The highest BCUT2D eigenvalue weighted by Crippen LogP contribution is 2.28. The summed E-state index contributed by atoms with van der Waals surface area (Å²) in [7, 11) is 3.39. The summed E-state index contributed by atoms with van der Waals surface area (Å²) >= 11 is 0. The van der Waals surface area contributed by atoms with E-state index in [2.05, 4.69) is 15.5 Å². The highest BCUT2D eigenvalue weighted by molar-refractivity contribution is 5.91. The molecular formula is C14H23N5O. The molecule has 1 aromatic rings. The van der Waals surface area contributed by atoms with Gasteiger partial charge in [0.15, 0.2) is 5.69 Å². The summed E-state index contributed by atoms with van der Waals surface area (Å²) in [6.07, 6.45) is 5.01. The normalized spacial score (nSPS) is 16.9. The number of anilines is 1. The van der Waals surface area contributed by atoms with Crippen LogP contribution in [0.2, 0.25) is 0 Å². The molecule has 2 rings (SSSR count). The second kappa shape index (κ2) is 6.65. The van der Waals surface area contributed by atoms with Gasteiger partial charge in [-0.05, 0) is 30.9 Å². The number of aromatic nitrogens is 2. The summed E-state index contributed by atoms with van der Waals surface area (Å²) < 4.78 is 0. The zero-order chi connectivity index (χ0) is 14.5. The molecule has 6 heteroatoms. The smallest absolute Gasteiger partial charge is 0.273 e. The molecule has 1 aliphatic carbocycles. The molecule has 1 aromatic heterocycles. The van der Waals surface area contributed by atoms with E-state index in [0.717, 1.165) is 0 Å². The van der Waals surface area contributed by atoms with Crippen LogP contribution in [0.3, 0.4) is 0 Å². The lowest BCUT2D eigenvalue weighted by molar-refractivity contribution is 0.0821. The van der Waals surface area contributed by atoms with E-state index in [1.54, 1.807) is 26.2 Å². The minimum Gasteiger partial charge on any atom is -0.364 e. The number of nitrogens with one attached hydrogen (secondary N) is 1. The van der Waals surface area contributed by atoms with Gasteiger partial charge in [-0.1, -0.05) is 12.8 Å². The Morgan fingerprint density at radius 3 is 2.60 bits per heavy atom. The Hall–Kier alpha value is -1.69. The van der Waals surface area contributed by atoms with Crippen LogP contribution in [-0.2, 0) is 0 Å². The van der Waals surface area contributed by atoms with Gasteiger partial charge in [-0.25, -0.2) is 0 Å². The summed E-state index contributed by atoms with van der Waals surface area (Å²) in [6, 6.07) is 3.73. The summed E-state index contributed by atoms with van der Waals surface area (Å²) in [5.41, 5.74) is 6.20.